The average Bonchev–Trinajstić information content (AvgIpc) is 2.92. The Morgan fingerprint density at radius 1 is 0.923 bits per heavy atom. The second-order valence-corrected chi connectivity index (χ2v) is 11.7. The Morgan fingerprint density at radius 2 is 1.59 bits per heavy atom. The molecule has 0 aromatic heterocycles. The summed E-state index contributed by atoms with van der Waals surface area (Å²) in [7, 11) is -4.13. The Hall–Kier alpha value is -3.36. The van der Waals surface area contributed by atoms with E-state index in [1.54, 1.807) is 12.1 Å². The number of hydrogen-bond donors (Lipinski definition) is 1. The van der Waals surface area contributed by atoms with Crippen molar-refractivity contribution in [2.45, 2.75) is 51.5 Å². The highest BCUT2D eigenvalue weighted by Gasteiger charge is 2.33. The van der Waals surface area contributed by atoms with Crippen LogP contribution in [0.5, 0.6) is 0 Å². The number of rotatable bonds is 12. The third-order valence-corrected chi connectivity index (χ3v) is 8.72. The molecule has 0 fully saturated rings. The highest BCUT2D eigenvalue weighted by atomic mass is 35.5. The molecule has 0 aliphatic carbocycles. The van der Waals surface area contributed by atoms with Crippen molar-refractivity contribution in [3.05, 3.63) is 94.5 Å². The van der Waals surface area contributed by atoms with Gasteiger partial charge < -0.3 is 10.2 Å². The lowest BCUT2D eigenvalue weighted by molar-refractivity contribution is -0.139. The minimum absolute atomic E-state index is 0.0181. The summed E-state index contributed by atoms with van der Waals surface area (Å²) in [6, 6.07) is 20.1. The highest BCUT2D eigenvalue weighted by Crippen LogP contribution is 2.27. The van der Waals surface area contributed by atoms with Crippen LogP contribution in [0.1, 0.15) is 37.0 Å². The number of hydrogen-bond acceptors (Lipinski definition) is 4. The summed E-state index contributed by atoms with van der Waals surface area (Å²) in [4.78, 5) is 28.5. The van der Waals surface area contributed by atoms with E-state index in [1.807, 2.05) is 64.1 Å². The SMILES string of the molecule is CCNC(=O)[C@H](CC)N(CCc1ccccc1)C(=O)CN(c1ccc(C)c(C)c1)S(=O)(=O)c1ccc(Cl)cc1. The molecule has 0 bridgehead atoms. The van der Waals surface area contributed by atoms with Crippen molar-refractivity contribution < 1.29 is 18.0 Å². The van der Waals surface area contributed by atoms with Crippen molar-refractivity contribution in [2.75, 3.05) is 23.9 Å². The summed E-state index contributed by atoms with van der Waals surface area (Å²) in [6.45, 7) is 7.72. The van der Waals surface area contributed by atoms with Crippen LogP contribution in [0.3, 0.4) is 0 Å². The lowest BCUT2D eigenvalue weighted by atomic mass is 10.1. The Labute approximate surface area is 236 Å². The van der Waals surface area contributed by atoms with Crippen LogP contribution >= 0.6 is 11.6 Å². The molecule has 0 saturated carbocycles. The molecule has 1 atom stereocenters. The second kappa shape index (κ2) is 13.6. The van der Waals surface area contributed by atoms with Gasteiger partial charge in [0.05, 0.1) is 10.6 Å². The predicted octanol–water partition coefficient (Wildman–Crippen LogP) is 5.14. The lowest BCUT2D eigenvalue weighted by Crippen LogP contribution is -2.53. The molecule has 2 amide bonds. The maximum Gasteiger partial charge on any atom is 0.264 e. The summed E-state index contributed by atoms with van der Waals surface area (Å²) in [5, 5.41) is 3.22. The van der Waals surface area contributed by atoms with E-state index in [2.05, 4.69) is 5.32 Å². The molecule has 0 spiro atoms. The quantitative estimate of drug-likeness (QED) is 0.327. The zero-order valence-electron chi connectivity index (χ0n) is 22.9. The molecular weight excluding hydrogens is 534 g/mol. The number of sulfonamides is 1. The van der Waals surface area contributed by atoms with Gasteiger partial charge in [0, 0.05) is 18.1 Å². The molecule has 0 heterocycles. The molecule has 3 aromatic rings. The number of carbonyl (C=O) groups is 2. The number of halogens is 1. The van der Waals surface area contributed by atoms with Crippen molar-refractivity contribution >= 4 is 39.1 Å². The Morgan fingerprint density at radius 3 is 2.18 bits per heavy atom. The number of benzene rings is 3. The largest absolute Gasteiger partial charge is 0.355 e. The van der Waals surface area contributed by atoms with E-state index < -0.39 is 28.5 Å². The standard InChI is InChI=1S/C30H36ClN3O4S/c1-5-28(30(36)32-6-2)33(19-18-24-10-8-7-9-11-24)29(35)21-34(26-15-12-22(3)23(4)20-26)39(37,38)27-16-13-25(31)14-17-27/h7-17,20,28H,5-6,18-19,21H2,1-4H3,(H,32,36)/t28-/m0/s1. The van der Waals surface area contributed by atoms with Crippen LogP contribution in [-0.2, 0) is 26.0 Å². The molecule has 3 rings (SSSR count). The van der Waals surface area contributed by atoms with Gasteiger partial charge in [0.25, 0.3) is 10.0 Å². The van der Waals surface area contributed by atoms with Crippen molar-refractivity contribution in [1.82, 2.24) is 10.2 Å². The van der Waals surface area contributed by atoms with Crippen LogP contribution in [0.25, 0.3) is 0 Å². The fourth-order valence-corrected chi connectivity index (χ4v) is 5.86. The third kappa shape index (κ3) is 7.61. The van der Waals surface area contributed by atoms with Gasteiger partial charge in [-0.3, -0.25) is 13.9 Å². The number of nitrogens with zero attached hydrogens (tertiary/aromatic N) is 2. The van der Waals surface area contributed by atoms with Crippen LogP contribution in [0.4, 0.5) is 5.69 Å². The van der Waals surface area contributed by atoms with E-state index in [1.165, 1.54) is 29.2 Å². The second-order valence-electron chi connectivity index (χ2n) is 9.38. The zero-order chi connectivity index (χ0) is 28.6. The van der Waals surface area contributed by atoms with Gasteiger partial charge in [-0.2, -0.15) is 0 Å². The highest BCUT2D eigenvalue weighted by molar-refractivity contribution is 7.92. The number of likely N-dealkylation sites (N-methyl/N-ethyl adjacent to an activating group) is 1. The Balaban J connectivity index is 2.03. The normalized spacial score (nSPS) is 12.0. The first-order valence-electron chi connectivity index (χ1n) is 13.0. The Bertz CT molecular complexity index is 1380. The van der Waals surface area contributed by atoms with Crippen LogP contribution in [0.2, 0.25) is 5.02 Å². The topological polar surface area (TPSA) is 86.8 Å². The summed E-state index contributed by atoms with van der Waals surface area (Å²) in [5.74, 6) is -0.723. The van der Waals surface area contributed by atoms with E-state index in [-0.39, 0.29) is 17.3 Å². The molecular formula is C30H36ClN3O4S. The van der Waals surface area contributed by atoms with Gasteiger partial charge in [0.15, 0.2) is 0 Å². The van der Waals surface area contributed by atoms with Gasteiger partial charge in [-0.25, -0.2) is 8.42 Å². The maximum atomic E-state index is 14.0. The molecule has 0 radical (unpaired) electrons. The van der Waals surface area contributed by atoms with Crippen molar-refractivity contribution in [1.29, 1.82) is 0 Å². The fraction of sp³-hybridized carbons (Fsp3) is 0.333. The minimum atomic E-state index is -4.13. The van der Waals surface area contributed by atoms with Gasteiger partial charge in [0.1, 0.15) is 12.6 Å². The first-order chi connectivity index (χ1) is 18.6. The van der Waals surface area contributed by atoms with Crippen LogP contribution in [0, 0.1) is 13.8 Å². The van der Waals surface area contributed by atoms with Gasteiger partial charge in [-0.15, -0.1) is 0 Å². The zero-order valence-corrected chi connectivity index (χ0v) is 24.4. The van der Waals surface area contributed by atoms with Gasteiger partial charge in [-0.1, -0.05) is 54.9 Å². The molecule has 9 heteroatoms. The molecule has 0 unspecified atom stereocenters. The van der Waals surface area contributed by atoms with Gasteiger partial charge >= 0.3 is 0 Å². The monoisotopic (exact) mass is 569 g/mol. The van der Waals surface area contributed by atoms with Gasteiger partial charge in [-0.05, 0) is 86.7 Å². The molecule has 7 nitrogen and oxygen atoms in total. The minimum Gasteiger partial charge on any atom is -0.355 e. The van der Waals surface area contributed by atoms with Gasteiger partial charge in [0.2, 0.25) is 11.8 Å². The summed E-state index contributed by atoms with van der Waals surface area (Å²) in [6.07, 6.45) is 0.913. The number of carbonyl (C=O) groups excluding carboxylic acids is 2. The fourth-order valence-electron chi connectivity index (χ4n) is 4.33. The molecule has 39 heavy (non-hydrogen) atoms. The first-order valence-corrected chi connectivity index (χ1v) is 14.9. The predicted molar refractivity (Wildman–Crippen MR) is 157 cm³/mol. The molecule has 0 aliphatic heterocycles. The molecule has 208 valence electrons. The van der Waals surface area contributed by atoms with Crippen LogP contribution in [0.15, 0.2) is 77.7 Å². The van der Waals surface area contributed by atoms with Crippen molar-refractivity contribution in [3.63, 3.8) is 0 Å². The number of aryl methyl sites for hydroxylation is 2. The maximum absolute atomic E-state index is 14.0. The van der Waals surface area contributed by atoms with Crippen molar-refractivity contribution in [3.8, 4) is 0 Å². The van der Waals surface area contributed by atoms with E-state index in [9.17, 15) is 18.0 Å². The molecule has 1 N–H and O–H groups in total. The number of anilines is 1. The van der Waals surface area contributed by atoms with Crippen LogP contribution in [-0.4, -0.2) is 50.8 Å². The average molecular weight is 570 g/mol. The third-order valence-electron chi connectivity index (χ3n) is 6.68. The van der Waals surface area contributed by atoms with E-state index in [0.717, 1.165) is 21.0 Å². The first kappa shape index (κ1) is 30.2. The molecule has 0 aliphatic rings. The summed E-state index contributed by atoms with van der Waals surface area (Å²) < 4.78 is 28.9. The lowest BCUT2D eigenvalue weighted by Gasteiger charge is -2.33. The molecule has 0 saturated heterocycles. The summed E-state index contributed by atoms with van der Waals surface area (Å²) >= 11 is 6.01. The smallest absolute Gasteiger partial charge is 0.264 e. The van der Waals surface area contributed by atoms with Crippen LogP contribution < -0.4 is 9.62 Å². The molecule has 3 aromatic carbocycles. The van der Waals surface area contributed by atoms with E-state index in [0.29, 0.717) is 30.1 Å². The summed E-state index contributed by atoms with van der Waals surface area (Å²) in [5.41, 5.74) is 3.28. The van der Waals surface area contributed by atoms with Crippen molar-refractivity contribution in [2.24, 2.45) is 0 Å². The Kier molecular flexibility index (Phi) is 10.5. The van der Waals surface area contributed by atoms with E-state index >= 15 is 0 Å². The van der Waals surface area contributed by atoms with E-state index in [4.69, 9.17) is 11.6 Å². The number of amides is 2. The number of nitrogens with one attached hydrogen (secondary N) is 1.